The molecular weight excluding hydrogens is 291 g/mol. The van der Waals surface area contributed by atoms with Gasteiger partial charge in [-0.3, -0.25) is 0 Å². The van der Waals surface area contributed by atoms with E-state index in [2.05, 4.69) is 16.3 Å². The number of halogens is 2. The molecule has 1 spiro atoms. The summed E-state index contributed by atoms with van der Waals surface area (Å²) in [5.41, 5.74) is 1.42. The molecule has 1 aromatic carbocycles. The van der Waals surface area contributed by atoms with Gasteiger partial charge in [0.15, 0.2) is 0 Å². The lowest BCUT2D eigenvalue weighted by molar-refractivity contribution is 0.246. The van der Waals surface area contributed by atoms with Crippen LogP contribution in [0.1, 0.15) is 38.5 Å². The molecule has 0 bridgehead atoms. The maximum absolute atomic E-state index is 6.40. The predicted molar refractivity (Wildman–Crippen MR) is 87.1 cm³/mol. The molecule has 1 aliphatic heterocycles. The van der Waals surface area contributed by atoms with E-state index in [0.717, 1.165) is 30.3 Å². The van der Waals surface area contributed by atoms with Crippen molar-refractivity contribution in [2.45, 2.75) is 44.1 Å². The van der Waals surface area contributed by atoms with Gasteiger partial charge >= 0.3 is 0 Å². The third-order valence-corrected chi connectivity index (χ3v) is 5.20. The van der Waals surface area contributed by atoms with Gasteiger partial charge in [0.2, 0.25) is 0 Å². The van der Waals surface area contributed by atoms with Gasteiger partial charge in [0.1, 0.15) is 0 Å². The van der Waals surface area contributed by atoms with Gasteiger partial charge < -0.3 is 10.2 Å². The smallest absolute Gasteiger partial charge is 0.0654 e. The Balaban J connectivity index is 1.84. The highest BCUT2D eigenvalue weighted by Crippen LogP contribution is 2.35. The highest BCUT2D eigenvalue weighted by Gasteiger charge is 2.35. The SMILES string of the molecule is Clc1ccc(N2CCCNC3(CCCCC3)C2)c(Cl)c1. The van der Waals surface area contributed by atoms with Crippen LogP contribution < -0.4 is 10.2 Å². The molecule has 0 unspecified atom stereocenters. The molecule has 110 valence electrons. The Morgan fingerprint density at radius 3 is 2.60 bits per heavy atom. The maximum atomic E-state index is 6.40. The van der Waals surface area contributed by atoms with Gasteiger partial charge in [-0.25, -0.2) is 0 Å². The van der Waals surface area contributed by atoms with E-state index >= 15 is 0 Å². The van der Waals surface area contributed by atoms with Gasteiger partial charge in [0.05, 0.1) is 10.7 Å². The summed E-state index contributed by atoms with van der Waals surface area (Å²) in [6.07, 6.45) is 7.81. The van der Waals surface area contributed by atoms with Gasteiger partial charge in [-0.15, -0.1) is 0 Å². The molecule has 3 rings (SSSR count). The van der Waals surface area contributed by atoms with Gasteiger partial charge in [0.25, 0.3) is 0 Å². The molecule has 0 amide bonds. The average molecular weight is 313 g/mol. The zero-order chi connectivity index (χ0) is 14.0. The van der Waals surface area contributed by atoms with E-state index in [1.54, 1.807) is 0 Å². The normalized spacial score (nSPS) is 22.8. The molecule has 0 radical (unpaired) electrons. The fourth-order valence-electron chi connectivity index (χ4n) is 3.63. The van der Waals surface area contributed by atoms with Crippen LogP contribution in [0.5, 0.6) is 0 Å². The molecule has 2 aliphatic rings. The zero-order valence-corrected chi connectivity index (χ0v) is 13.3. The average Bonchev–Trinajstić information content (AvgIpc) is 2.63. The van der Waals surface area contributed by atoms with Crippen molar-refractivity contribution in [3.63, 3.8) is 0 Å². The Hall–Kier alpha value is -0.440. The van der Waals surface area contributed by atoms with Crippen LogP contribution in [0, 0.1) is 0 Å². The summed E-state index contributed by atoms with van der Waals surface area (Å²) in [4.78, 5) is 2.45. The molecule has 1 aromatic rings. The highest BCUT2D eigenvalue weighted by molar-refractivity contribution is 6.36. The summed E-state index contributed by atoms with van der Waals surface area (Å²) in [6, 6.07) is 5.85. The van der Waals surface area contributed by atoms with Crippen LogP contribution in [0.3, 0.4) is 0 Å². The van der Waals surface area contributed by atoms with Crippen molar-refractivity contribution in [1.29, 1.82) is 0 Å². The van der Waals surface area contributed by atoms with Crippen molar-refractivity contribution in [1.82, 2.24) is 5.32 Å². The molecule has 1 saturated heterocycles. The first-order valence-electron chi connectivity index (χ1n) is 7.64. The standard InChI is InChI=1S/C16H22Cl2N2/c17-13-5-6-15(14(18)11-13)20-10-4-9-19-16(12-20)7-2-1-3-8-16/h5-6,11,19H,1-4,7-10,12H2. The molecular formula is C16H22Cl2N2. The van der Waals surface area contributed by atoms with Crippen molar-refractivity contribution in [3.8, 4) is 0 Å². The van der Waals surface area contributed by atoms with E-state index in [0.29, 0.717) is 5.02 Å². The van der Waals surface area contributed by atoms with E-state index in [1.807, 2.05) is 12.1 Å². The summed E-state index contributed by atoms with van der Waals surface area (Å²) in [6.45, 7) is 3.24. The molecule has 1 aliphatic carbocycles. The van der Waals surface area contributed by atoms with Crippen molar-refractivity contribution in [2.75, 3.05) is 24.5 Å². The number of nitrogens with zero attached hydrogens (tertiary/aromatic N) is 1. The molecule has 0 atom stereocenters. The molecule has 2 fully saturated rings. The number of anilines is 1. The first-order chi connectivity index (χ1) is 9.69. The van der Waals surface area contributed by atoms with E-state index in [9.17, 15) is 0 Å². The summed E-state index contributed by atoms with van der Waals surface area (Å²) in [7, 11) is 0. The Morgan fingerprint density at radius 1 is 1.05 bits per heavy atom. The van der Waals surface area contributed by atoms with Crippen LogP contribution in [-0.2, 0) is 0 Å². The van der Waals surface area contributed by atoms with E-state index in [1.165, 1.54) is 38.5 Å². The van der Waals surface area contributed by atoms with Crippen LogP contribution >= 0.6 is 23.2 Å². The Morgan fingerprint density at radius 2 is 1.85 bits per heavy atom. The van der Waals surface area contributed by atoms with Crippen molar-refractivity contribution >= 4 is 28.9 Å². The molecule has 2 nitrogen and oxygen atoms in total. The lowest BCUT2D eigenvalue weighted by atomic mass is 9.81. The fraction of sp³-hybridized carbons (Fsp3) is 0.625. The summed E-state index contributed by atoms with van der Waals surface area (Å²) in [5, 5.41) is 5.29. The number of benzene rings is 1. The molecule has 20 heavy (non-hydrogen) atoms. The minimum absolute atomic E-state index is 0.289. The minimum atomic E-state index is 0.289. The number of nitrogens with one attached hydrogen (secondary N) is 1. The number of rotatable bonds is 1. The topological polar surface area (TPSA) is 15.3 Å². The molecule has 1 saturated carbocycles. The second-order valence-electron chi connectivity index (χ2n) is 6.14. The second kappa shape index (κ2) is 6.13. The Bertz CT molecular complexity index is 470. The third-order valence-electron chi connectivity index (χ3n) is 4.66. The first kappa shape index (κ1) is 14.5. The molecule has 1 heterocycles. The van der Waals surface area contributed by atoms with Crippen LogP contribution in [0.2, 0.25) is 10.0 Å². The predicted octanol–water partition coefficient (Wildman–Crippen LogP) is 4.50. The van der Waals surface area contributed by atoms with E-state index < -0.39 is 0 Å². The number of hydrogen-bond acceptors (Lipinski definition) is 2. The quantitative estimate of drug-likeness (QED) is 0.821. The van der Waals surface area contributed by atoms with Crippen molar-refractivity contribution in [2.24, 2.45) is 0 Å². The van der Waals surface area contributed by atoms with Crippen molar-refractivity contribution in [3.05, 3.63) is 28.2 Å². The highest BCUT2D eigenvalue weighted by atomic mass is 35.5. The molecule has 0 aromatic heterocycles. The largest absolute Gasteiger partial charge is 0.368 e. The zero-order valence-electron chi connectivity index (χ0n) is 11.8. The molecule has 1 N–H and O–H groups in total. The second-order valence-corrected chi connectivity index (χ2v) is 6.98. The third kappa shape index (κ3) is 3.08. The van der Waals surface area contributed by atoms with E-state index in [4.69, 9.17) is 23.2 Å². The number of hydrogen-bond donors (Lipinski definition) is 1. The summed E-state index contributed by atoms with van der Waals surface area (Å²) < 4.78 is 0. The van der Waals surface area contributed by atoms with Gasteiger partial charge in [-0.2, -0.15) is 0 Å². The summed E-state index contributed by atoms with van der Waals surface area (Å²) >= 11 is 12.4. The lowest BCUT2D eigenvalue weighted by Gasteiger charge is -2.40. The van der Waals surface area contributed by atoms with Crippen LogP contribution in [0.4, 0.5) is 5.69 Å². The minimum Gasteiger partial charge on any atom is -0.368 e. The molecule has 4 heteroatoms. The van der Waals surface area contributed by atoms with Crippen LogP contribution in [0.25, 0.3) is 0 Å². The Labute approximate surface area is 131 Å². The lowest BCUT2D eigenvalue weighted by Crippen LogP contribution is -2.52. The Kier molecular flexibility index (Phi) is 4.44. The van der Waals surface area contributed by atoms with E-state index in [-0.39, 0.29) is 5.54 Å². The van der Waals surface area contributed by atoms with Gasteiger partial charge in [0, 0.05) is 23.7 Å². The van der Waals surface area contributed by atoms with Gasteiger partial charge in [-0.05, 0) is 44.0 Å². The van der Waals surface area contributed by atoms with Crippen molar-refractivity contribution < 1.29 is 0 Å². The van der Waals surface area contributed by atoms with Gasteiger partial charge in [-0.1, -0.05) is 42.5 Å². The fourth-order valence-corrected chi connectivity index (χ4v) is 4.16. The first-order valence-corrected chi connectivity index (χ1v) is 8.39. The summed E-state index contributed by atoms with van der Waals surface area (Å²) in [5.74, 6) is 0. The maximum Gasteiger partial charge on any atom is 0.0654 e. The van der Waals surface area contributed by atoms with Crippen LogP contribution in [-0.4, -0.2) is 25.2 Å². The monoisotopic (exact) mass is 312 g/mol. The van der Waals surface area contributed by atoms with Crippen LogP contribution in [0.15, 0.2) is 18.2 Å².